The fourth-order valence-electron chi connectivity index (χ4n) is 8.55. The molecule has 0 radical (unpaired) electrons. The zero-order valence-electron chi connectivity index (χ0n) is 23.6. The SMILES string of the molecule is N#Cc1c(OCC23CCCN2CCC3)nc(N2[C@@H]3CC[C@H]2CNC3)c2c1CN(c1cc(O)cc3ccccc13)CC2. The number of benzene rings is 2. The largest absolute Gasteiger partial charge is 0.508 e. The average Bonchev–Trinajstić information content (AvgIpc) is 3.65. The number of nitriles is 1. The Bertz CT molecular complexity index is 1520. The minimum absolute atomic E-state index is 0.0884. The molecule has 4 saturated heterocycles. The fraction of sp³-hybridized carbons (Fsp3) is 0.515. The van der Waals surface area contributed by atoms with Crippen molar-refractivity contribution < 1.29 is 9.84 Å². The predicted molar refractivity (Wildman–Crippen MR) is 160 cm³/mol. The molecule has 3 aromatic rings. The molecule has 8 rings (SSSR count). The smallest absolute Gasteiger partial charge is 0.234 e. The molecule has 212 valence electrons. The van der Waals surface area contributed by atoms with E-state index in [2.05, 4.69) is 32.2 Å². The molecule has 2 atom stereocenters. The van der Waals surface area contributed by atoms with E-state index < -0.39 is 0 Å². The normalized spacial score (nSPS) is 24.9. The molecule has 2 N–H and O–H groups in total. The monoisotopic (exact) mass is 550 g/mol. The maximum atomic E-state index is 10.6. The van der Waals surface area contributed by atoms with Crippen molar-refractivity contribution in [1.82, 2.24) is 15.2 Å². The Hall–Kier alpha value is -3.54. The first kappa shape index (κ1) is 25.2. The average molecular weight is 551 g/mol. The second kappa shape index (κ2) is 9.78. The highest BCUT2D eigenvalue weighted by molar-refractivity contribution is 5.95. The van der Waals surface area contributed by atoms with Crippen LogP contribution in [-0.2, 0) is 13.0 Å². The molecule has 6 heterocycles. The molecular formula is C33H38N6O2. The number of pyridine rings is 1. The van der Waals surface area contributed by atoms with E-state index in [1.807, 2.05) is 30.3 Å². The molecular weight excluding hydrogens is 512 g/mol. The summed E-state index contributed by atoms with van der Waals surface area (Å²) in [5.41, 5.74) is 3.92. The molecule has 8 heteroatoms. The van der Waals surface area contributed by atoms with Gasteiger partial charge < -0.3 is 25.0 Å². The molecule has 0 unspecified atom stereocenters. The van der Waals surface area contributed by atoms with Crippen LogP contribution in [0, 0.1) is 11.3 Å². The van der Waals surface area contributed by atoms with Gasteiger partial charge in [-0.05, 0) is 69.5 Å². The van der Waals surface area contributed by atoms with Gasteiger partial charge in [0.2, 0.25) is 5.88 Å². The van der Waals surface area contributed by atoms with Crippen molar-refractivity contribution in [2.24, 2.45) is 0 Å². The summed E-state index contributed by atoms with van der Waals surface area (Å²) in [5.74, 6) is 1.81. The third-order valence-corrected chi connectivity index (χ3v) is 10.5. The van der Waals surface area contributed by atoms with Gasteiger partial charge >= 0.3 is 0 Å². The Morgan fingerprint density at radius 3 is 2.61 bits per heavy atom. The number of ether oxygens (including phenoxy) is 1. The van der Waals surface area contributed by atoms with Crippen molar-refractivity contribution in [3.63, 3.8) is 0 Å². The van der Waals surface area contributed by atoms with Gasteiger partial charge in [-0.15, -0.1) is 0 Å². The van der Waals surface area contributed by atoms with Crippen LogP contribution in [-0.4, -0.2) is 71.9 Å². The molecule has 0 amide bonds. The Morgan fingerprint density at radius 1 is 1.05 bits per heavy atom. The van der Waals surface area contributed by atoms with E-state index in [9.17, 15) is 10.4 Å². The number of hydrogen-bond acceptors (Lipinski definition) is 8. The molecule has 2 bridgehead atoms. The number of aromatic nitrogens is 1. The topological polar surface area (TPSA) is 87.9 Å². The molecule has 0 saturated carbocycles. The molecule has 5 aliphatic rings. The maximum Gasteiger partial charge on any atom is 0.234 e. The van der Waals surface area contributed by atoms with Crippen LogP contribution in [0.3, 0.4) is 0 Å². The lowest BCUT2D eigenvalue weighted by molar-refractivity contribution is 0.110. The van der Waals surface area contributed by atoms with Gasteiger partial charge in [-0.25, -0.2) is 0 Å². The Labute approximate surface area is 241 Å². The number of anilines is 2. The molecule has 0 spiro atoms. The number of rotatable bonds is 5. The highest BCUT2D eigenvalue weighted by Gasteiger charge is 2.45. The van der Waals surface area contributed by atoms with Crippen LogP contribution in [0.5, 0.6) is 11.6 Å². The minimum atomic E-state index is 0.0884. The Balaban J connectivity index is 1.22. The Kier molecular flexibility index (Phi) is 6.01. The van der Waals surface area contributed by atoms with Gasteiger partial charge in [0, 0.05) is 66.5 Å². The van der Waals surface area contributed by atoms with E-state index in [0.29, 0.717) is 36.7 Å². The summed E-state index contributed by atoms with van der Waals surface area (Å²) >= 11 is 0. The first-order valence-electron chi connectivity index (χ1n) is 15.4. The minimum Gasteiger partial charge on any atom is -0.508 e. The third-order valence-electron chi connectivity index (χ3n) is 10.5. The molecule has 4 fully saturated rings. The number of aromatic hydroxyl groups is 1. The maximum absolute atomic E-state index is 10.6. The molecule has 1 aromatic heterocycles. The van der Waals surface area contributed by atoms with Crippen molar-refractivity contribution in [1.29, 1.82) is 5.26 Å². The van der Waals surface area contributed by atoms with Gasteiger partial charge in [0.15, 0.2) is 0 Å². The summed E-state index contributed by atoms with van der Waals surface area (Å²) in [5, 5.41) is 26.9. The predicted octanol–water partition coefficient (Wildman–Crippen LogP) is 4.32. The standard InChI is InChI=1S/C33H38N6O2/c34-17-28-29-20-37(30-16-25(40)15-22-5-1-2-6-26(22)30)14-9-27(29)31(39-23-7-8-24(39)19-35-18-23)36-32(28)41-21-33-10-3-12-38(33)13-4-11-33/h1-2,5-6,15-16,23-24,35,40H,3-4,7-14,18-21H2/t23-,24+. The first-order chi connectivity index (χ1) is 20.1. The summed E-state index contributed by atoms with van der Waals surface area (Å²) in [6.45, 7) is 6.24. The van der Waals surface area contributed by atoms with Gasteiger partial charge in [-0.3, -0.25) is 4.90 Å². The number of nitrogens with one attached hydrogen (secondary N) is 1. The van der Waals surface area contributed by atoms with Crippen LogP contribution in [0.2, 0.25) is 0 Å². The van der Waals surface area contributed by atoms with E-state index in [4.69, 9.17) is 9.72 Å². The van der Waals surface area contributed by atoms with Crippen LogP contribution in [0.15, 0.2) is 36.4 Å². The summed E-state index contributed by atoms with van der Waals surface area (Å²) in [7, 11) is 0. The Morgan fingerprint density at radius 2 is 1.83 bits per heavy atom. The van der Waals surface area contributed by atoms with Gasteiger partial charge in [0.1, 0.15) is 29.8 Å². The first-order valence-corrected chi connectivity index (χ1v) is 15.4. The second-order valence-electron chi connectivity index (χ2n) is 12.7. The lowest BCUT2D eigenvalue weighted by Gasteiger charge is -2.40. The third kappa shape index (κ3) is 4.04. The van der Waals surface area contributed by atoms with Crippen molar-refractivity contribution in [2.75, 3.05) is 49.1 Å². The lowest BCUT2D eigenvalue weighted by atomic mass is 9.93. The highest BCUT2D eigenvalue weighted by atomic mass is 16.5. The number of phenolic OH excluding ortho intramolecular Hbond substituents is 1. The van der Waals surface area contributed by atoms with Crippen LogP contribution in [0.25, 0.3) is 10.8 Å². The zero-order valence-corrected chi connectivity index (χ0v) is 23.6. The van der Waals surface area contributed by atoms with Crippen molar-refractivity contribution in [3.8, 4) is 17.7 Å². The van der Waals surface area contributed by atoms with Crippen LogP contribution < -0.4 is 19.9 Å². The van der Waals surface area contributed by atoms with Crippen LogP contribution in [0.1, 0.15) is 55.2 Å². The van der Waals surface area contributed by atoms with E-state index in [0.717, 1.165) is 79.8 Å². The van der Waals surface area contributed by atoms with E-state index in [1.54, 1.807) is 0 Å². The van der Waals surface area contributed by atoms with E-state index in [-0.39, 0.29) is 11.3 Å². The van der Waals surface area contributed by atoms with Gasteiger partial charge in [0.25, 0.3) is 0 Å². The quantitative estimate of drug-likeness (QED) is 0.486. The molecule has 0 aliphatic carbocycles. The van der Waals surface area contributed by atoms with Crippen molar-refractivity contribution in [3.05, 3.63) is 53.1 Å². The van der Waals surface area contributed by atoms with Gasteiger partial charge in [-0.2, -0.15) is 10.2 Å². The lowest BCUT2D eigenvalue weighted by Crippen LogP contribution is -2.53. The number of fused-ring (bicyclic) bond motifs is 5. The van der Waals surface area contributed by atoms with E-state index in [1.165, 1.54) is 31.2 Å². The van der Waals surface area contributed by atoms with E-state index >= 15 is 0 Å². The number of phenols is 1. The van der Waals surface area contributed by atoms with Crippen molar-refractivity contribution in [2.45, 2.75) is 69.1 Å². The second-order valence-corrected chi connectivity index (χ2v) is 12.7. The summed E-state index contributed by atoms with van der Waals surface area (Å²) < 4.78 is 6.66. The summed E-state index contributed by atoms with van der Waals surface area (Å²) in [6, 6.07) is 15.3. The number of nitrogens with zero attached hydrogens (tertiary/aromatic N) is 5. The van der Waals surface area contributed by atoms with Crippen LogP contribution >= 0.6 is 0 Å². The van der Waals surface area contributed by atoms with Crippen molar-refractivity contribution >= 4 is 22.3 Å². The molecule has 41 heavy (non-hydrogen) atoms. The fourth-order valence-corrected chi connectivity index (χ4v) is 8.55. The van der Waals surface area contributed by atoms with Gasteiger partial charge in [0.05, 0.1) is 5.54 Å². The van der Waals surface area contributed by atoms with Crippen LogP contribution in [0.4, 0.5) is 11.5 Å². The summed E-state index contributed by atoms with van der Waals surface area (Å²) in [6.07, 6.45) is 7.90. The molecule has 8 nitrogen and oxygen atoms in total. The number of hydrogen-bond donors (Lipinski definition) is 2. The highest BCUT2D eigenvalue weighted by Crippen LogP contribution is 2.44. The molecule has 5 aliphatic heterocycles. The summed E-state index contributed by atoms with van der Waals surface area (Å²) in [4.78, 5) is 12.7. The van der Waals surface area contributed by atoms with Gasteiger partial charge in [-0.1, -0.05) is 24.3 Å². The zero-order chi connectivity index (χ0) is 27.6. The molecule has 2 aromatic carbocycles. The number of piperazine rings is 1.